The van der Waals surface area contributed by atoms with E-state index < -0.39 is 10.0 Å². The van der Waals surface area contributed by atoms with Crippen LogP contribution in [0.4, 0.5) is 0 Å². The number of sulfonamides is 1. The topological polar surface area (TPSA) is 86.8 Å². The molecule has 1 aliphatic heterocycles. The average Bonchev–Trinajstić information content (AvgIpc) is 3.09. The van der Waals surface area contributed by atoms with Gasteiger partial charge in [0, 0.05) is 32.1 Å². The van der Waals surface area contributed by atoms with Crippen molar-refractivity contribution in [1.82, 2.24) is 14.5 Å². The largest absolute Gasteiger partial charge is 0.354 e. The molecule has 1 saturated heterocycles. The normalized spacial score (nSPS) is 16.4. The van der Waals surface area contributed by atoms with E-state index in [9.17, 15) is 18.0 Å². The van der Waals surface area contributed by atoms with Gasteiger partial charge >= 0.3 is 0 Å². The van der Waals surface area contributed by atoms with E-state index in [2.05, 4.69) is 5.32 Å². The van der Waals surface area contributed by atoms with Crippen LogP contribution in [0.3, 0.4) is 0 Å². The zero-order valence-electron chi connectivity index (χ0n) is 14.8. The molecular weight excluding hydrogens is 362 g/mol. The Morgan fingerprint density at radius 1 is 1.36 bits per heavy atom. The average molecular weight is 388 g/mol. The van der Waals surface area contributed by atoms with Gasteiger partial charge in [-0.3, -0.25) is 9.59 Å². The van der Waals surface area contributed by atoms with E-state index in [4.69, 9.17) is 0 Å². The zero-order chi connectivity index (χ0) is 18.6. The number of thiophene rings is 1. The van der Waals surface area contributed by atoms with Crippen LogP contribution in [0, 0.1) is 5.92 Å². The van der Waals surface area contributed by atoms with Gasteiger partial charge < -0.3 is 10.2 Å². The number of likely N-dealkylation sites (tertiary alicyclic amines) is 1. The summed E-state index contributed by atoms with van der Waals surface area (Å²) in [5, 5.41) is 4.59. The third-order valence-corrected chi connectivity index (χ3v) is 7.34. The first-order valence-electron chi connectivity index (χ1n) is 8.30. The molecule has 0 unspecified atom stereocenters. The number of hydrogen-bond donors (Lipinski definition) is 1. The van der Waals surface area contributed by atoms with Gasteiger partial charge in [-0.05, 0) is 38.1 Å². The molecule has 2 rings (SSSR count). The highest BCUT2D eigenvalue weighted by molar-refractivity contribution is 7.91. The molecule has 140 valence electrons. The summed E-state index contributed by atoms with van der Waals surface area (Å²) in [6.45, 7) is 4.59. The van der Waals surface area contributed by atoms with Crippen molar-refractivity contribution in [2.45, 2.75) is 36.9 Å². The van der Waals surface area contributed by atoms with Crippen molar-refractivity contribution >= 4 is 33.2 Å². The summed E-state index contributed by atoms with van der Waals surface area (Å²) in [5.74, 6) is -0.288. The SMILES string of the molecule is CC(C)NC(=O)C1CCN(C(=O)CN(C)S(=O)(=O)c2cccs2)CC1. The number of nitrogens with zero attached hydrogens (tertiary/aromatic N) is 2. The van der Waals surface area contributed by atoms with Gasteiger partial charge in [-0.15, -0.1) is 11.3 Å². The molecule has 7 nitrogen and oxygen atoms in total. The molecule has 1 N–H and O–H groups in total. The van der Waals surface area contributed by atoms with Crippen molar-refractivity contribution in [2.24, 2.45) is 5.92 Å². The summed E-state index contributed by atoms with van der Waals surface area (Å²) in [5.41, 5.74) is 0. The zero-order valence-corrected chi connectivity index (χ0v) is 16.4. The molecule has 1 fully saturated rings. The molecule has 1 aromatic heterocycles. The van der Waals surface area contributed by atoms with E-state index in [1.165, 1.54) is 13.1 Å². The lowest BCUT2D eigenvalue weighted by Crippen LogP contribution is -2.47. The molecule has 0 spiro atoms. The lowest BCUT2D eigenvalue weighted by atomic mass is 9.95. The van der Waals surface area contributed by atoms with Gasteiger partial charge in [0.25, 0.3) is 10.0 Å². The Morgan fingerprint density at radius 3 is 2.52 bits per heavy atom. The van der Waals surface area contributed by atoms with Gasteiger partial charge in [0.15, 0.2) is 0 Å². The maximum absolute atomic E-state index is 12.4. The number of carbonyl (C=O) groups is 2. The maximum atomic E-state index is 12.4. The summed E-state index contributed by atoms with van der Waals surface area (Å²) < 4.78 is 26.0. The minimum atomic E-state index is -3.63. The van der Waals surface area contributed by atoms with Gasteiger partial charge in [0.2, 0.25) is 11.8 Å². The third-order valence-electron chi connectivity index (χ3n) is 4.17. The number of hydrogen-bond acceptors (Lipinski definition) is 5. The van der Waals surface area contributed by atoms with Crippen LogP contribution in [0.2, 0.25) is 0 Å². The van der Waals surface area contributed by atoms with Crippen LogP contribution in [-0.4, -0.2) is 62.2 Å². The molecular formula is C16H25N3O4S2. The van der Waals surface area contributed by atoms with Crippen molar-refractivity contribution in [2.75, 3.05) is 26.7 Å². The van der Waals surface area contributed by atoms with E-state index in [0.717, 1.165) is 15.6 Å². The summed E-state index contributed by atoms with van der Waals surface area (Å²) in [6, 6.07) is 3.29. The smallest absolute Gasteiger partial charge is 0.252 e. The molecule has 1 aliphatic rings. The number of piperidine rings is 1. The van der Waals surface area contributed by atoms with Gasteiger partial charge in [0.1, 0.15) is 4.21 Å². The Hall–Kier alpha value is -1.45. The Kier molecular flexibility index (Phi) is 6.59. The minimum absolute atomic E-state index is 0.0273. The maximum Gasteiger partial charge on any atom is 0.252 e. The first kappa shape index (κ1) is 19.9. The molecule has 0 aliphatic carbocycles. The Bertz CT molecular complexity index is 693. The number of likely N-dealkylation sites (N-methyl/N-ethyl adjacent to an activating group) is 1. The van der Waals surface area contributed by atoms with E-state index >= 15 is 0 Å². The fourth-order valence-electron chi connectivity index (χ4n) is 2.73. The summed E-state index contributed by atoms with van der Waals surface area (Å²) in [7, 11) is -2.21. The van der Waals surface area contributed by atoms with Crippen LogP contribution in [0.5, 0.6) is 0 Å². The summed E-state index contributed by atoms with van der Waals surface area (Å²) in [6.07, 6.45) is 1.21. The van der Waals surface area contributed by atoms with Gasteiger partial charge in [-0.25, -0.2) is 8.42 Å². The number of carbonyl (C=O) groups excluding carboxylic acids is 2. The molecule has 2 amide bonds. The molecule has 9 heteroatoms. The standard InChI is InChI=1S/C16H25N3O4S2/c1-12(2)17-16(21)13-6-8-19(9-7-13)14(20)11-18(3)25(22,23)15-5-4-10-24-15/h4-5,10,12-13H,6-9,11H2,1-3H3,(H,17,21). The highest BCUT2D eigenvalue weighted by Gasteiger charge is 2.30. The lowest BCUT2D eigenvalue weighted by Gasteiger charge is -2.32. The van der Waals surface area contributed by atoms with E-state index in [1.807, 2.05) is 13.8 Å². The number of rotatable bonds is 6. The summed E-state index contributed by atoms with van der Waals surface area (Å²) in [4.78, 5) is 26.1. The Labute approximate surface area is 153 Å². The molecule has 2 heterocycles. The van der Waals surface area contributed by atoms with E-state index in [0.29, 0.717) is 25.9 Å². The molecule has 0 radical (unpaired) electrons. The highest BCUT2D eigenvalue weighted by Crippen LogP contribution is 2.21. The number of nitrogens with one attached hydrogen (secondary N) is 1. The first-order valence-corrected chi connectivity index (χ1v) is 10.6. The molecule has 1 aromatic rings. The molecule has 0 bridgehead atoms. The van der Waals surface area contributed by atoms with Gasteiger partial charge in [-0.1, -0.05) is 6.07 Å². The molecule has 25 heavy (non-hydrogen) atoms. The number of amides is 2. The van der Waals surface area contributed by atoms with Crippen LogP contribution in [0.1, 0.15) is 26.7 Å². The predicted molar refractivity (Wildman–Crippen MR) is 96.7 cm³/mol. The van der Waals surface area contributed by atoms with Gasteiger partial charge in [0.05, 0.1) is 6.54 Å². The second-order valence-corrected chi connectivity index (χ2v) is 9.73. The van der Waals surface area contributed by atoms with Crippen LogP contribution in [0.25, 0.3) is 0 Å². The van der Waals surface area contributed by atoms with Crippen molar-refractivity contribution in [3.63, 3.8) is 0 Å². The lowest BCUT2D eigenvalue weighted by molar-refractivity contribution is -0.135. The van der Waals surface area contributed by atoms with Crippen LogP contribution >= 0.6 is 11.3 Å². The van der Waals surface area contributed by atoms with E-state index in [-0.39, 0.29) is 34.5 Å². The molecule has 0 atom stereocenters. The fourth-order valence-corrected chi connectivity index (χ4v) is 5.05. The fraction of sp³-hybridized carbons (Fsp3) is 0.625. The molecule has 0 aromatic carbocycles. The second-order valence-electron chi connectivity index (χ2n) is 6.51. The van der Waals surface area contributed by atoms with Crippen molar-refractivity contribution in [3.8, 4) is 0 Å². The first-order chi connectivity index (χ1) is 11.7. The van der Waals surface area contributed by atoms with Crippen LogP contribution < -0.4 is 5.32 Å². The molecule has 0 saturated carbocycles. The predicted octanol–water partition coefficient (Wildman–Crippen LogP) is 1.13. The Balaban J connectivity index is 1.87. The second kappa shape index (κ2) is 8.29. The Morgan fingerprint density at radius 2 is 2.00 bits per heavy atom. The van der Waals surface area contributed by atoms with Crippen molar-refractivity contribution in [1.29, 1.82) is 0 Å². The highest BCUT2D eigenvalue weighted by atomic mass is 32.2. The van der Waals surface area contributed by atoms with Crippen molar-refractivity contribution < 1.29 is 18.0 Å². The monoisotopic (exact) mass is 387 g/mol. The van der Waals surface area contributed by atoms with Crippen LogP contribution in [-0.2, 0) is 19.6 Å². The summed E-state index contributed by atoms with van der Waals surface area (Å²) >= 11 is 1.13. The van der Waals surface area contributed by atoms with Crippen molar-refractivity contribution in [3.05, 3.63) is 17.5 Å². The van der Waals surface area contributed by atoms with Gasteiger partial charge in [-0.2, -0.15) is 4.31 Å². The minimum Gasteiger partial charge on any atom is -0.354 e. The van der Waals surface area contributed by atoms with Crippen LogP contribution in [0.15, 0.2) is 21.7 Å². The van der Waals surface area contributed by atoms with E-state index in [1.54, 1.807) is 16.3 Å². The quantitative estimate of drug-likeness (QED) is 0.793. The third kappa shape index (κ3) is 5.02.